The van der Waals surface area contributed by atoms with Gasteiger partial charge in [-0.3, -0.25) is 4.90 Å². The van der Waals surface area contributed by atoms with E-state index in [1.807, 2.05) is 0 Å². The SMILES string of the molecule is CCNC(C)C(C)N(CC)C1CCCCC1. The number of likely N-dealkylation sites (N-methyl/N-ethyl adjacent to an activating group) is 2. The Bertz CT molecular complexity index is 176. The van der Waals surface area contributed by atoms with Crippen molar-refractivity contribution < 1.29 is 0 Å². The maximum atomic E-state index is 3.56. The molecule has 0 aromatic rings. The van der Waals surface area contributed by atoms with E-state index >= 15 is 0 Å². The van der Waals surface area contributed by atoms with E-state index in [1.165, 1.54) is 38.6 Å². The van der Waals surface area contributed by atoms with Crippen molar-refractivity contribution in [1.29, 1.82) is 0 Å². The van der Waals surface area contributed by atoms with Crippen molar-refractivity contribution in [2.45, 2.75) is 77.9 Å². The Kier molecular flexibility index (Phi) is 6.37. The fourth-order valence-corrected chi connectivity index (χ4v) is 3.07. The van der Waals surface area contributed by atoms with Crippen molar-refractivity contribution in [3.05, 3.63) is 0 Å². The molecule has 0 aliphatic heterocycles. The van der Waals surface area contributed by atoms with Crippen LogP contribution in [0.1, 0.15) is 59.8 Å². The fourth-order valence-electron chi connectivity index (χ4n) is 3.07. The highest BCUT2D eigenvalue weighted by Crippen LogP contribution is 2.24. The van der Waals surface area contributed by atoms with Crippen LogP contribution in [0.4, 0.5) is 0 Å². The monoisotopic (exact) mass is 226 g/mol. The van der Waals surface area contributed by atoms with Crippen molar-refractivity contribution in [1.82, 2.24) is 10.2 Å². The van der Waals surface area contributed by atoms with Gasteiger partial charge in [-0.05, 0) is 39.8 Å². The number of nitrogens with zero attached hydrogens (tertiary/aromatic N) is 1. The van der Waals surface area contributed by atoms with Gasteiger partial charge >= 0.3 is 0 Å². The van der Waals surface area contributed by atoms with Gasteiger partial charge < -0.3 is 5.32 Å². The van der Waals surface area contributed by atoms with Crippen LogP contribution in [0.5, 0.6) is 0 Å². The standard InChI is InChI=1S/C14H30N2/c1-5-15-12(3)13(4)16(6-2)14-10-8-7-9-11-14/h12-15H,5-11H2,1-4H3. The predicted octanol–water partition coefficient (Wildman–Crippen LogP) is 3.03. The fraction of sp³-hybridized carbons (Fsp3) is 1.00. The Labute approximate surface area is 102 Å². The Morgan fingerprint density at radius 1 is 1.12 bits per heavy atom. The molecule has 0 radical (unpaired) electrons. The van der Waals surface area contributed by atoms with Crippen molar-refractivity contribution in [2.75, 3.05) is 13.1 Å². The van der Waals surface area contributed by atoms with Gasteiger partial charge in [0, 0.05) is 18.1 Å². The van der Waals surface area contributed by atoms with Gasteiger partial charge in [-0.1, -0.05) is 33.1 Å². The van der Waals surface area contributed by atoms with Crippen LogP contribution in [0, 0.1) is 0 Å². The second kappa shape index (κ2) is 7.29. The van der Waals surface area contributed by atoms with Crippen LogP contribution in [-0.4, -0.2) is 36.1 Å². The van der Waals surface area contributed by atoms with Gasteiger partial charge in [0.15, 0.2) is 0 Å². The normalized spacial score (nSPS) is 22.3. The van der Waals surface area contributed by atoms with Gasteiger partial charge in [-0.25, -0.2) is 0 Å². The van der Waals surface area contributed by atoms with Crippen LogP contribution in [0.25, 0.3) is 0 Å². The average Bonchev–Trinajstić information content (AvgIpc) is 2.31. The molecule has 1 N–H and O–H groups in total. The summed E-state index contributed by atoms with van der Waals surface area (Å²) in [5.41, 5.74) is 0. The first-order valence-corrected chi connectivity index (χ1v) is 7.19. The molecule has 0 spiro atoms. The summed E-state index contributed by atoms with van der Waals surface area (Å²) in [6.07, 6.45) is 7.15. The third-order valence-corrected chi connectivity index (χ3v) is 4.18. The van der Waals surface area contributed by atoms with E-state index in [2.05, 4.69) is 37.9 Å². The molecule has 1 saturated carbocycles. The van der Waals surface area contributed by atoms with Crippen LogP contribution in [-0.2, 0) is 0 Å². The van der Waals surface area contributed by atoms with Crippen LogP contribution in [0.3, 0.4) is 0 Å². The summed E-state index contributed by atoms with van der Waals surface area (Å²) < 4.78 is 0. The molecule has 2 nitrogen and oxygen atoms in total. The lowest BCUT2D eigenvalue weighted by atomic mass is 9.92. The van der Waals surface area contributed by atoms with Crippen molar-refractivity contribution in [3.8, 4) is 0 Å². The molecule has 2 heteroatoms. The topological polar surface area (TPSA) is 15.3 Å². The van der Waals surface area contributed by atoms with E-state index in [4.69, 9.17) is 0 Å². The van der Waals surface area contributed by atoms with E-state index in [-0.39, 0.29) is 0 Å². The van der Waals surface area contributed by atoms with E-state index in [0.717, 1.165) is 12.6 Å². The van der Waals surface area contributed by atoms with Crippen molar-refractivity contribution in [2.24, 2.45) is 0 Å². The zero-order valence-corrected chi connectivity index (χ0v) is 11.6. The second-order valence-corrected chi connectivity index (χ2v) is 5.21. The Balaban J connectivity index is 2.50. The maximum absolute atomic E-state index is 3.56. The lowest BCUT2D eigenvalue weighted by Crippen LogP contribution is -2.51. The third-order valence-electron chi connectivity index (χ3n) is 4.18. The summed E-state index contributed by atoms with van der Waals surface area (Å²) in [4.78, 5) is 2.71. The minimum atomic E-state index is 0.604. The number of nitrogens with one attached hydrogen (secondary N) is 1. The third kappa shape index (κ3) is 3.74. The zero-order chi connectivity index (χ0) is 12.0. The van der Waals surface area contributed by atoms with Crippen LogP contribution in [0.2, 0.25) is 0 Å². The van der Waals surface area contributed by atoms with E-state index < -0.39 is 0 Å². The molecule has 0 amide bonds. The van der Waals surface area contributed by atoms with Crippen molar-refractivity contribution >= 4 is 0 Å². The molecule has 0 bridgehead atoms. The highest BCUT2D eigenvalue weighted by atomic mass is 15.2. The zero-order valence-electron chi connectivity index (χ0n) is 11.6. The summed E-state index contributed by atoms with van der Waals surface area (Å²) in [5, 5.41) is 3.56. The molecule has 16 heavy (non-hydrogen) atoms. The summed E-state index contributed by atoms with van der Waals surface area (Å²) in [5.74, 6) is 0. The van der Waals surface area contributed by atoms with E-state index in [9.17, 15) is 0 Å². The van der Waals surface area contributed by atoms with Gasteiger partial charge in [0.05, 0.1) is 0 Å². The highest BCUT2D eigenvalue weighted by Gasteiger charge is 2.26. The average molecular weight is 226 g/mol. The molecule has 1 aliphatic rings. The van der Waals surface area contributed by atoms with Crippen LogP contribution in [0.15, 0.2) is 0 Å². The Morgan fingerprint density at radius 2 is 1.75 bits per heavy atom. The molecule has 0 aromatic heterocycles. The van der Waals surface area contributed by atoms with Gasteiger partial charge in [0.1, 0.15) is 0 Å². The van der Waals surface area contributed by atoms with Gasteiger partial charge in [-0.2, -0.15) is 0 Å². The number of rotatable bonds is 6. The first kappa shape index (κ1) is 14.0. The van der Waals surface area contributed by atoms with Gasteiger partial charge in [0.25, 0.3) is 0 Å². The number of hydrogen-bond acceptors (Lipinski definition) is 2. The van der Waals surface area contributed by atoms with Gasteiger partial charge in [0.2, 0.25) is 0 Å². The molecule has 2 unspecified atom stereocenters. The minimum Gasteiger partial charge on any atom is -0.313 e. The van der Waals surface area contributed by atoms with Crippen LogP contribution < -0.4 is 5.32 Å². The first-order valence-electron chi connectivity index (χ1n) is 7.19. The van der Waals surface area contributed by atoms with E-state index in [0.29, 0.717) is 12.1 Å². The summed E-state index contributed by atoms with van der Waals surface area (Å²) in [6.45, 7) is 11.5. The number of hydrogen-bond donors (Lipinski definition) is 1. The molecule has 0 aromatic carbocycles. The molecule has 0 heterocycles. The van der Waals surface area contributed by atoms with E-state index in [1.54, 1.807) is 0 Å². The van der Waals surface area contributed by atoms with Crippen molar-refractivity contribution in [3.63, 3.8) is 0 Å². The van der Waals surface area contributed by atoms with Crippen LogP contribution >= 0.6 is 0 Å². The lowest BCUT2D eigenvalue weighted by Gasteiger charge is -2.40. The molecule has 2 atom stereocenters. The molecule has 1 rings (SSSR count). The molecular weight excluding hydrogens is 196 g/mol. The summed E-state index contributed by atoms with van der Waals surface area (Å²) in [6, 6.07) is 2.11. The first-order chi connectivity index (χ1) is 7.70. The largest absolute Gasteiger partial charge is 0.313 e. The maximum Gasteiger partial charge on any atom is 0.0221 e. The Hall–Kier alpha value is -0.0800. The highest BCUT2D eigenvalue weighted by molar-refractivity contribution is 4.83. The Morgan fingerprint density at radius 3 is 2.25 bits per heavy atom. The molecular formula is C14H30N2. The minimum absolute atomic E-state index is 0.604. The lowest BCUT2D eigenvalue weighted by molar-refractivity contribution is 0.0998. The summed E-state index contributed by atoms with van der Waals surface area (Å²) in [7, 11) is 0. The smallest absolute Gasteiger partial charge is 0.0221 e. The summed E-state index contributed by atoms with van der Waals surface area (Å²) >= 11 is 0. The molecule has 96 valence electrons. The van der Waals surface area contributed by atoms with Gasteiger partial charge in [-0.15, -0.1) is 0 Å². The molecule has 1 fully saturated rings. The molecule has 0 saturated heterocycles. The molecule has 1 aliphatic carbocycles. The second-order valence-electron chi connectivity index (χ2n) is 5.21. The predicted molar refractivity (Wildman–Crippen MR) is 71.9 cm³/mol. The quantitative estimate of drug-likeness (QED) is 0.749.